The lowest BCUT2D eigenvalue weighted by Gasteiger charge is -2.07. The number of hydrogen-bond donors (Lipinski definition) is 2. The van der Waals surface area contributed by atoms with Gasteiger partial charge in [-0.3, -0.25) is 14.6 Å². The van der Waals surface area contributed by atoms with E-state index < -0.39 is 0 Å². The monoisotopic (exact) mass is 390 g/mol. The fraction of sp³-hybridized carbons (Fsp3) is 0.389. The minimum absolute atomic E-state index is 0.0644. The number of benzene rings is 1. The molecule has 1 heterocycles. The minimum atomic E-state index is -0.374. The molecule has 8 nitrogen and oxygen atoms in total. The first-order valence-electron chi connectivity index (χ1n) is 8.63. The zero-order chi connectivity index (χ0) is 19.6. The number of carbonyl (C=O) groups is 2. The Balaban J connectivity index is 1.81. The van der Waals surface area contributed by atoms with Crippen LogP contribution in [0.1, 0.15) is 42.2 Å². The molecule has 1 aromatic carbocycles. The van der Waals surface area contributed by atoms with Crippen molar-refractivity contribution < 1.29 is 14.3 Å². The number of thioether (sulfide) groups is 1. The van der Waals surface area contributed by atoms with E-state index in [4.69, 9.17) is 4.74 Å². The van der Waals surface area contributed by atoms with Crippen LogP contribution in [0, 0.1) is 6.92 Å². The van der Waals surface area contributed by atoms with Crippen molar-refractivity contribution in [3.8, 4) is 0 Å². The van der Waals surface area contributed by atoms with E-state index in [0.717, 1.165) is 31.0 Å². The molecule has 0 aliphatic heterocycles. The predicted molar refractivity (Wildman–Crippen MR) is 103 cm³/mol. The standard InChI is InChI=1S/C18H22N4O4S/c1-3-4-5-10-26-17(25)13-6-8-14(9-7-13)19-15(23)11-27-18-20-16(24)12(2)21-22-18/h6-9H,3-5,10-11H2,1-2H3,(H,19,23)(H,20,22,24). The maximum absolute atomic E-state index is 12.0. The zero-order valence-electron chi connectivity index (χ0n) is 15.3. The molecule has 2 rings (SSSR count). The number of aromatic amines is 1. The molecule has 0 atom stereocenters. The third kappa shape index (κ3) is 6.86. The summed E-state index contributed by atoms with van der Waals surface area (Å²) in [4.78, 5) is 37.9. The summed E-state index contributed by atoms with van der Waals surface area (Å²) < 4.78 is 5.19. The Labute approximate surface area is 161 Å². The molecule has 1 aromatic heterocycles. The average molecular weight is 390 g/mol. The van der Waals surface area contributed by atoms with Gasteiger partial charge in [0.2, 0.25) is 5.91 Å². The van der Waals surface area contributed by atoms with Crippen molar-refractivity contribution in [2.24, 2.45) is 0 Å². The van der Waals surface area contributed by atoms with Gasteiger partial charge in [-0.15, -0.1) is 10.2 Å². The van der Waals surface area contributed by atoms with Gasteiger partial charge < -0.3 is 10.1 Å². The van der Waals surface area contributed by atoms with Crippen LogP contribution in [0.25, 0.3) is 0 Å². The summed E-state index contributed by atoms with van der Waals surface area (Å²) in [5, 5.41) is 10.5. The number of nitrogens with one attached hydrogen (secondary N) is 2. The third-order valence-corrected chi connectivity index (χ3v) is 4.43. The predicted octanol–water partition coefficient (Wildman–Crippen LogP) is 2.55. The Kier molecular flexibility index (Phi) is 8.00. The maximum atomic E-state index is 12.0. The summed E-state index contributed by atoms with van der Waals surface area (Å²) in [6.45, 7) is 4.05. The van der Waals surface area contributed by atoms with E-state index in [1.807, 2.05) is 0 Å². The van der Waals surface area contributed by atoms with Crippen molar-refractivity contribution in [3.63, 3.8) is 0 Å². The normalized spacial score (nSPS) is 10.4. The number of rotatable bonds is 9. The van der Waals surface area contributed by atoms with Gasteiger partial charge in [-0.05, 0) is 37.6 Å². The highest BCUT2D eigenvalue weighted by Gasteiger charge is 2.09. The quantitative estimate of drug-likeness (QED) is 0.384. The van der Waals surface area contributed by atoms with Crippen molar-refractivity contribution in [2.75, 3.05) is 17.7 Å². The summed E-state index contributed by atoms with van der Waals surface area (Å²) in [5.41, 5.74) is 0.941. The summed E-state index contributed by atoms with van der Waals surface area (Å²) in [7, 11) is 0. The molecule has 9 heteroatoms. The van der Waals surface area contributed by atoms with Crippen molar-refractivity contribution in [1.29, 1.82) is 0 Å². The highest BCUT2D eigenvalue weighted by atomic mass is 32.2. The van der Waals surface area contributed by atoms with Crippen molar-refractivity contribution in [3.05, 3.63) is 45.9 Å². The van der Waals surface area contributed by atoms with E-state index in [0.29, 0.717) is 17.9 Å². The molecule has 0 aliphatic rings. The fourth-order valence-electron chi connectivity index (χ4n) is 2.06. The van der Waals surface area contributed by atoms with Gasteiger partial charge in [0.1, 0.15) is 5.69 Å². The van der Waals surface area contributed by atoms with E-state index in [2.05, 4.69) is 27.4 Å². The van der Waals surface area contributed by atoms with Crippen LogP contribution in [0.5, 0.6) is 0 Å². The minimum Gasteiger partial charge on any atom is -0.462 e. The number of hydrogen-bond acceptors (Lipinski definition) is 7. The summed E-state index contributed by atoms with van der Waals surface area (Å²) in [5.74, 6) is -0.575. The Morgan fingerprint density at radius 3 is 2.59 bits per heavy atom. The van der Waals surface area contributed by atoms with Gasteiger partial charge in [0, 0.05) is 5.69 Å². The molecule has 1 amide bonds. The van der Waals surface area contributed by atoms with Crippen LogP contribution < -0.4 is 10.9 Å². The number of amides is 1. The average Bonchev–Trinajstić information content (AvgIpc) is 2.66. The molecule has 0 fully saturated rings. The molecule has 0 spiro atoms. The molecular formula is C18H22N4O4S. The molecule has 27 heavy (non-hydrogen) atoms. The second-order valence-corrected chi connectivity index (χ2v) is 6.77. The van der Waals surface area contributed by atoms with Crippen molar-refractivity contribution in [1.82, 2.24) is 15.2 Å². The lowest BCUT2D eigenvalue weighted by atomic mass is 10.2. The molecular weight excluding hydrogens is 368 g/mol. The first kappa shape index (κ1) is 20.6. The number of aryl methyl sites for hydroxylation is 1. The fourth-order valence-corrected chi connectivity index (χ4v) is 2.67. The number of nitrogens with zero attached hydrogens (tertiary/aromatic N) is 2. The van der Waals surface area contributed by atoms with Gasteiger partial charge in [0.25, 0.3) is 5.56 Å². The van der Waals surface area contributed by atoms with Crippen LogP contribution in [0.4, 0.5) is 5.69 Å². The smallest absolute Gasteiger partial charge is 0.338 e. The highest BCUT2D eigenvalue weighted by molar-refractivity contribution is 7.99. The molecule has 0 bridgehead atoms. The Bertz CT molecular complexity index is 836. The van der Waals surface area contributed by atoms with E-state index in [-0.39, 0.29) is 34.0 Å². The van der Waals surface area contributed by atoms with Crippen molar-refractivity contribution in [2.45, 2.75) is 38.3 Å². The molecule has 2 aromatic rings. The SMILES string of the molecule is CCCCCOC(=O)c1ccc(NC(=O)CSc2nnc(C)c(=O)[nH]2)cc1. The van der Waals surface area contributed by atoms with Gasteiger partial charge in [0.05, 0.1) is 17.9 Å². The number of anilines is 1. The highest BCUT2D eigenvalue weighted by Crippen LogP contribution is 2.14. The third-order valence-electron chi connectivity index (χ3n) is 3.57. The lowest BCUT2D eigenvalue weighted by molar-refractivity contribution is -0.113. The summed E-state index contributed by atoms with van der Waals surface area (Å²) in [6, 6.07) is 6.49. The first-order chi connectivity index (χ1) is 13.0. The second-order valence-electron chi connectivity index (χ2n) is 5.80. The zero-order valence-corrected chi connectivity index (χ0v) is 16.1. The first-order valence-corrected chi connectivity index (χ1v) is 9.61. The van der Waals surface area contributed by atoms with Crippen LogP contribution in [0.15, 0.2) is 34.2 Å². The van der Waals surface area contributed by atoms with Crippen LogP contribution >= 0.6 is 11.8 Å². The van der Waals surface area contributed by atoms with Crippen LogP contribution in [0.2, 0.25) is 0 Å². The number of ether oxygens (including phenoxy) is 1. The van der Waals surface area contributed by atoms with E-state index in [9.17, 15) is 14.4 Å². The summed E-state index contributed by atoms with van der Waals surface area (Å²) >= 11 is 1.08. The second kappa shape index (κ2) is 10.5. The Hall–Kier alpha value is -2.68. The molecule has 0 saturated heterocycles. The van der Waals surface area contributed by atoms with Crippen LogP contribution in [0.3, 0.4) is 0 Å². The van der Waals surface area contributed by atoms with E-state index >= 15 is 0 Å². The molecule has 144 valence electrons. The molecule has 0 unspecified atom stereocenters. The number of carbonyl (C=O) groups excluding carboxylic acids is 2. The Morgan fingerprint density at radius 1 is 1.19 bits per heavy atom. The van der Waals surface area contributed by atoms with Gasteiger partial charge in [-0.1, -0.05) is 31.5 Å². The molecule has 0 saturated carbocycles. The molecule has 2 N–H and O–H groups in total. The number of unbranched alkanes of at least 4 members (excludes halogenated alkanes) is 2. The van der Waals surface area contributed by atoms with Gasteiger partial charge >= 0.3 is 5.97 Å². The van der Waals surface area contributed by atoms with E-state index in [1.54, 1.807) is 31.2 Å². The summed E-state index contributed by atoms with van der Waals surface area (Å²) in [6.07, 6.45) is 2.94. The largest absolute Gasteiger partial charge is 0.462 e. The molecule has 0 radical (unpaired) electrons. The van der Waals surface area contributed by atoms with Crippen molar-refractivity contribution >= 4 is 29.3 Å². The Morgan fingerprint density at radius 2 is 1.93 bits per heavy atom. The van der Waals surface area contributed by atoms with Crippen LogP contribution in [-0.2, 0) is 9.53 Å². The van der Waals surface area contributed by atoms with Crippen LogP contribution in [-0.4, -0.2) is 39.4 Å². The number of H-pyrrole nitrogens is 1. The molecule has 0 aliphatic carbocycles. The lowest BCUT2D eigenvalue weighted by Crippen LogP contribution is -2.17. The number of aromatic nitrogens is 3. The van der Waals surface area contributed by atoms with Gasteiger partial charge in [-0.25, -0.2) is 4.79 Å². The van der Waals surface area contributed by atoms with E-state index in [1.165, 1.54) is 0 Å². The maximum Gasteiger partial charge on any atom is 0.338 e. The number of esters is 1. The van der Waals surface area contributed by atoms with Gasteiger partial charge in [-0.2, -0.15) is 0 Å². The topological polar surface area (TPSA) is 114 Å². The van der Waals surface area contributed by atoms with Gasteiger partial charge in [0.15, 0.2) is 5.16 Å².